The van der Waals surface area contributed by atoms with Crippen LogP contribution < -0.4 is 15.8 Å². The molecule has 1 heterocycles. The Morgan fingerprint density at radius 2 is 2.20 bits per heavy atom. The zero-order chi connectivity index (χ0) is 14.9. The van der Waals surface area contributed by atoms with E-state index >= 15 is 0 Å². The van der Waals surface area contributed by atoms with Crippen LogP contribution in [0.4, 0.5) is 5.69 Å². The van der Waals surface area contributed by atoms with Gasteiger partial charge in [0, 0.05) is 34.5 Å². The number of nitrogens with two attached hydrogens (primary N) is 1. The number of fused-ring (bicyclic) bond motifs is 1. The van der Waals surface area contributed by atoms with Crippen LogP contribution >= 0.6 is 12.2 Å². The van der Waals surface area contributed by atoms with Gasteiger partial charge in [0.15, 0.2) is 0 Å². The average molecular weight is 292 g/mol. The third-order valence-corrected chi connectivity index (χ3v) is 4.20. The standard InChI is InChI=1S/C15H20N2O2S/c1-8(2)14-12(7-13(16)18)17-11-5-4-9(19-3)6-10(11)15(14)20/h4-6,8,12,14,17H,7H2,1-3H3,(H2,16,18). The largest absolute Gasteiger partial charge is 0.497 e. The number of hydrogen-bond donors (Lipinski definition) is 2. The molecule has 1 aliphatic heterocycles. The highest BCUT2D eigenvalue weighted by Gasteiger charge is 2.35. The van der Waals surface area contributed by atoms with E-state index in [1.54, 1.807) is 7.11 Å². The minimum Gasteiger partial charge on any atom is -0.497 e. The van der Waals surface area contributed by atoms with E-state index in [9.17, 15) is 4.79 Å². The lowest BCUT2D eigenvalue weighted by Crippen LogP contribution is -2.44. The van der Waals surface area contributed by atoms with Crippen molar-refractivity contribution < 1.29 is 9.53 Å². The van der Waals surface area contributed by atoms with Gasteiger partial charge >= 0.3 is 0 Å². The molecule has 0 radical (unpaired) electrons. The first-order valence-electron chi connectivity index (χ1n) is 6.71. The van der Waals surface area contributed by atoms with Gasteiger partial charge in [0.2, 0.25) is 5.91 Å². The fourth-order valence-corrected chi connectivity index (χ4v) is 3.40. The fraction of sp³-hybridized carbons (Fsp3) is 0.467. The number of carbonyl (C=O) groups is 1. The average Bonchev–Trinajstić information content (AvgIpc) is 2.37. The topological polar surface area (TPSA) is 64.3 Å². The number of amides is 1. The molecule has 4 nitrogen and oxygen atoms in total. The molecule has 0 bridgehead atoms. The van der Waals surface area contributed by atoms with Crippen LogP contribution in [0.1, 0.15) is 25.8 Å². The lowest BCUT2D eigenvalue weighted by atomic mass is 9.78. The van der Waals surface area contributed by atoms with E-state index in [4.69, 9.17) is 22.7 Å². The summed E-state index contributed by atoms with van der Waals surface area (Å²) < 4.78 is 5.25. The summed E-state index contributed by atoms with van der Waals surface area (Å²) in [6, 6.07) is 5.72. The molecule has 3 N–H and O–H groups in total. The molecular weight excluding hydrogens is 272 g/mol. The summed E-state index contributed by atoms with van der Waals surface area (Å²) in [5.41, 5.74) is 7.28. The van der Waals surface area contributed by atoms with E-state index in [0.29, 0.717) is 5.92 Å². The molecule has 1 aliphatic rings. The molecule has 108 valence electrons. The van der Waals surface area contributed by atoms with Crippen molar-refractivity contribution in [3.8, 4) is 5.75 Å². The van der Waals surface area contributed by atoms with Gasteiger partial charge in [0.25, 0.3) is 0 Å². The Labute approximate surface area is 124 Å². The Kier molecular flexibility index (Phi) is 4.28. The second-order valence-corrected chi connectivity index (χ2v) is 5.91. The minimum absolute atomic E-state index is 0.0408. The molecule has 1 aromatic carbocycles. The molecule has 1 aromatic rings. The minimum atomic E-state index is -0.312. The molecule has 0 saturated carbocycles. The predicted molar refractivity (Wildman–Crippen MR) is 84.2 cm³/mol. The van der Waals surface area contributed by atoms with E-state index in [-0.39, 0.29) is 24.3 Å². The number of methoxy groups -OCH3 is 1. The first-order chi connectivity index (χ1) is 9.43. The Bertz CT molecular complexity index is 543. The first-order valence-corrected chi connectivity index (χ1v) is 7.12. The van der Waals surface area contributed by atoms with Crippen molar-refractivity contribution in [1.29, 1.82) is 0 Å². The van der Waals surface area contributed by atoms with Crippen LogP contribution in [-0.4, -0.2) is 23.9 Å². The van der Waals surface area contributed by atoms with Gasteiger partial charge in [-0.15, -0.1) is 0 Å². The number of hydrogen-bond acceptors (Lipinski definition) is 4. The van der Waals surface area contributed by atoms with Crippen molar-refractivity contribution in [2.24, 2.45) is 17.6 Å². The molecular formula is C15H20N2O2S. The molecule has 2 unspecified atom stereocenters. The van der Waals surface area contributed by atoms with Gasteiger partial charge in [-0.2, -0.15) is 0 Å². The summed E-state index contributed by atoms with van der Waals surface area (Å²) in [5, 5.41) is 3.40. The maximum absolute atomic E-state index is 11.3. The van der Waals surface area contributed by atoms with Crippen LogP contribution in [0.15, 0.2) is 18.2 Å². The highest BCUT2D eigenvalue weighted by Crippen LogP contribution is 2.36. The normalized spacial score (nSPS) is 21.3. The van der Waals surface area contributed by atoms with Crippen LogP contribution in [0.25, 0.3) is 0 Å². The van der Waals surface area contributed by atoms with Gasteiger partial charge < -0.3 is 15.8 Å². The van der Waals surface area contributed by atoms with Crippen LogP contribution in [0.2, 0.25) is 0 Å². The third-order valence-electron chi connectivity index (χ3n) is 3.71. The summed E-state index contributed by atoms with van der Waals surface area (Å²) >= 11 is 5.65. The Morgan fingerprint density at radius 1 is 1.50 bits per heavy atom. The summed E-state index contributed by atoms with van der Waals surface area (Å²) in [7, 11) is 1.64. The lowest BCUT2D eigenvalue weighted by Gasteiger charge is -2.37. The van der Waals surface area contributed by atoms with Gasteiger partial charge in [-0.3, -0.25) is 4.79 Å². The second kappa shape index (κ2) is 5.79. The zero-order valence-electron chi connectivity index (χ0n) is 12.0. The zero-order valence-corrected chi connectivity index (χ0v) is 12.8. The number of nitrogens with one attached hydrogen (secondary N) is 1. The Morgan fingerprint density at radius 3 is 2.75 bits per heavy atom. The van der Waals surface area contributed by atoms with Crippen LogP contribution in [0.3, 0.4) is 0 Å². The monoisotopic (exact) mass is 292 g/mol. The van der Waals surface area contributed by atoms with E-state index in [1.807, 2.05) is 18.2 Å². The summed E-state index contributed by atoms with van der Waals surface area (Å²) in [4.78, 5) is 12.1. The summed E-state index contributed by atoms with van der Waals surface area (Å²) in [6.07, 6.45) is 0.286. The summed E-state index contributed by atoms with van der Waals surface area (Å²) in [6.45, 7) is 4.22. The maximum Gasteiger partial charge on any atom is 0.219 e. The first kappa shape index (κ1) is 14.8. The SMILES string of the molecule is COc1ccc2c(c1)C(=S)C(C(C)C)C(CC(N)=O)N2. The van der Waals surface area contributed by atoms with Gasteiger partial charge in [-0.25, -0.2) is 0 Å². The molecule has 1 amide bonds. The molecule has 2 rings (SSSR count). The predicted octanol–water partition coefficient (Wildman–Crippen LogP) is 2.35. The van der Waals surface area contributed by atoms with Crippen molar-refractivity contribution in [1.82, 2.24) is 0 Å². The number of anilines is 1. The van der Waals surface area contributed by atoms with Crippen molar-refractivity contribution in [2.75, 3.05) is 12.4 Å². The van der Waals surface area contributed by atoms with E-state index in [2.05, 4.69) is 19.2 Å². The molecule has 0 fully saturated rings. The van der Waals surface area contributed by atoms with Gasteiger partial charge in [0.1, 0.15) is 5.75 Å². The Hall–Kier alpha value is -1.62. The number of ether oxygens (including phenoxy) is 1. The van der Waals surface area contributed by atoms with E-state index in [1.165, 1.54) is 0 Å². The third kappa shape index (κ3) is 2.77. The highest BCUT2D eigenvalue weighted by molar-refractivity contribution is 7.81. The van der Waals surface area contributed by atoms with Crippen LogP contribution in [-0.2, 0) is 4.79 Å². The number of rotatable bonds is 4. The van der Waals surface area contributed by atoms with Crippen LogP contribution in [0, 0.1) is 11.8 Å². The number of thiocarbonyl (C=S) groups is 1. The van der Waals surface area contributed by atoms with E-state index in [0.717, 1.165) is 21.9 Å². The van der Waals surface area contributed by atoms with Gasteiger partial charge in [-0.05, 0) is 24.1 Å². The Balaban J connectivity index is 2.41. The lowest BCUT2D eigenvalue weighted by molar-refractivity contribution is -0.118. The molecule has 0 spiro atoms. The van der Waals surface area contributed by atoms with Gasteiger partial charge in [-0.1, -0.05) is 26.1 Å². The number of benzene rings is 1. The maximum atomic E-state index is 11.3. The van der Waals surface area contributed by atoms with E-state index < -0.39 is 0 Å². The van der Waals surface area contributed by atoms with Gasteiger partial charge in [0.05, 0.1) is 7.11 Å². The smallest absolute Gasteiger partial charge is 0.219 e. The van der Waals surface area contributed by atoms with Crippen molar-refractivity contribution in [2.45, 2.75) is 26.3 Å². The fourth-order valence-electron chi connectivity index (χ4n) is 2.79. The molecule has 20 heavy (non-hydrogen) atoms. The van der Waals surface area contributed by atoms with Crippen molar-refractivity contribution in [3.63, 3.8) is 0 Å². The number of carbonyl (C=O) groups excluding carboxylic acids is 1. The number of primary amides is 1. The second-order valence-electron chi connectivity index (χ2n) is 5.47. The molecule has 2 atom stereocenters. The van der Waals surface area contributed by atoms with Crippen molar-refractivity contribution in [3.05, 3.63) is 23.8 Å². The summed E-state index contributed by atoms with van der Waals surface area (Å²) in [5.74, 6) is 0.910. The molecule has 0 aromatic heterocycles. The molecule has 0 aliphatic carbocycles. The quantitative estimate of drug-likeness (QED) is 0.836. The van der Waals surface area contributed by atoms with Crippen molar-refractivity contribution >= 4 is 28.7 Å². The molecule has 5 heteroatoms. The van der Waals surface area contributed by atoms with Crippen LogP contribution in [0.5, 0.6) is 5.75 Å². The highest BCUT2D eigenvalue weighted by atomic mass is 32.1. The molecule has 0 saturated heterocycles.